The van der Waals surface area contributed by atoms with Crippen molar-refractivity contribution in [1.29, 1.82) is 0 Å². The molecule has 0 aromatic rings. The van der Waals surface area contributed by atoms with Crippen LogP contribution in [-0.2, 0) is 0 Å². The first kappa shape index (κ1) is 6.52. The van der Waals surface area contributed by atoms with Gasteiger partial charge in [-0.25, -0.2) is 0 Å². The molecule has 42 valence electrons. The van der Waals surface area contributed by atoms with Crippen molar-refractivity contribution < 1.29 is 0 Å². The van der Waals surface area contributed by atoms with E-state index in [0.717, 1.165) is 0 Å². The number of hydrogen-bond donors (Lipinski definition) is 0. The van der Waals surface area contributed by atoms with E-state index in [9.17, 15) is 0 Å². The van der Waals surface area contributed by atoms with Crippen LogP contribution in [0.5, 0.6) is 0 Å². The average molecular weight is 170 g/mol. The van der Waals surface area contributed by atoms with Gasteiger partial charge in [0.15, 0.2) is 0 Å². The Hall–Kier alpha value is 1.40. The van der Waals surface area contributed by atoms with Crippen LogP contribution in [0.2, 0.25) is 0 Å². The fraction of sp³-hybridized carbons (Fsp3) is 1.00. The van der Waals surface area contributed by atoms with Gasteiger partial charge in [0.25, 0.3) is 0 Å². The van der Waals surface area contributed by atoms with E-state index in [0.29, 0.717) is 0 Å². The van der Waals surface area contributed by atoms with E-state index >= 15 is 0 Å². The van der Waals surface area contributed by atoms with Crippen molar-refractivity contribution in [2.75, 3.05) is 15.3 Å². The highest BCUT2D eigenvalue weighted by Gasteiger charge is 1.97. The molecule has 2 aliphatic heterocycles. The molecule has 2 heterocycles. The van der Waals surface area contributed by atoms with E-state index < -0.39 is 0 Å². The smallest absolute Gasteiger partial charge is 0.0600 e. The quantitative estimate of drug-likeness (QED) is 0.405. The van der Waals surface area contributed by atoms with Gasteiger partial charge in [-0.15, -0.1) is 23.5 Å². The van der Waals surface area contributed by atoms with Crippen LogP contribution >= 0.6 is 45.1 Å². The second kappa shape index (κ2) is 4.30. The molecule has 0 aromatic carbocycles. The van der Waals surface area contributed by atoms with Gasteiger partial charge in [0, 0.05) is 10.2 Å². The summed E-state index contributed by atoms with van der Waals surface area (Å²) < 4.78 is 0. The van der Waals surface area contributed by atoms with E-state index in [4.69, 9.17) is 0 Å². The highest BCUT2D eigenvalue weighted by molar-refractivity contribution is 8.92. The molecule has 4 heteroatoms. The van der Waals surface area contributed by atoms with Crippen LogP contribution < -0.4 is 0 Å². The lowest BCUT2D eigenvalue weighted by atomic mass is 11.8. The Balaban J connectivity index is 0.0000000729. The number of rotatable bonds is 0. The summed E-state index contributed by atoms with van der Waals surface area (Å²) in [6.07, 6.45) is 0. The van der Waals surface area contributed by atoms with E-state index in [1.807, 2.05) is 45.1 Å². The van der Waals surface area contributed by atoms with Gasteiger partial charge in [-0.1, -0.05) is 21.6 Å². The molecule has 2 fully saturated rings. The summed E-state index contributed by atoms with van der Waals surface area (Å²) in [6.45, 7) is 0. The first-order chi connectivity index (χ1) is 3.50. The highest BCUT2D eigenvalue weighted by Crippen LogP contribution is 2.41. The number of hydrogen-bond acceptors (Lipinski definition) is 4. The summed E-state index contributed by atoms with van der Waals surface area (Å²) in [5.41, 5.74) is 0. The van der Waals surface area contributed by atoms with E-state index in [1.54, 1.807) is 0 Å². The Labute approximate surface area is 60.4 Å². The van der Waals surface area contributed by atoms with E-state index in [1.165, 1.54) is 15.3 Å². The minimum absolute atomic E-state index is 1.33. The molecule has 0 aliphatic carbocycles. The van der Waals surface area contributed by atoms with Gasteiger partial charge >= 0.3 is 0 Å². The highest BCUT2D eigenvalue weighted by atomic mass is 33.2. The minimum Gasteiger partial charge on any atom is -0.140 e. The summed E-state index contributed by atoms with van der Waals surface area (Å²) in [5.74, 6) is 0. The van der Waals surface area contributed by atoms with Crippen molar-refractivity contribution in [2.45, 2.75) is 0 Å². The topological polar surface area (TPSA) is 0 Å². The Morgan fingerprint density at radius 1 is 0.714 bits per heavy atom. The minimum atomic E-state index is 1.33. The lowest BCUT2D eigenvalue weighted by Crippen LogP contribution is -1.82. The molecule has 2 rings (SSSR count). The predicted molar refractivity (Wildman–Crippen MR) is 45.0 cm³/mol. The Bertz CT molecular complexity index is 33.4. The maximum absolute atomic E-state index is 2.00. The molecule has 2 aliphatic rings. The van der Waals surface area contributed by atoms with Gasteiger partial charge in [0.1, 0.15) is 0 Å². The monoisotopic (exact) mass is 170 g/mol. The normalized spacial score (nSPS) is 24.0. The molecule has 0 bridgehead atoms. The third-order valence-corrected chi connectivity index (χ3v) is 4.06. The van der Waals surface area contributed by atoms with Gasteiger partial charge in [-0.3, -0.25) is 0 Å². The average Bonchev–Trinajstić information content (AvgIpc) is 1.95. The van der Waals surface area contributed by atoms with Gasteiger partial charge < -0.3 is 0 Å². The Kier molecular flexibility index (Phi) is 4.00. The number of thioether (sulfide) groups is 2. The van der Waals surface area contributed by atoms with Crippen LogP contribution in [0.25, 0.3) is 0 Å². The molecule has 0 radical (unpaired) electrons. The maximum atomic E-state index is 2.00. The first-order valence-electron chi connectivity index (χ1n) is 1.90. The molecular weight excluding hydrogens is 164 g/mol. The van der Waals surface area contributed by atoms with E-state index in [2.05, 4.69) is 0 Å². The van der Waals surface area contributed by atoms with Gasteiger partial charge in [0.2, 0.25) is 0 Å². The van der Waals surface area contributed by atoms with Crippen LogP contribution in [0.15, 0.2) is 0 Å². The zero-order valence-corrected chi connectivity index (χ0v) is 7.02. The maximum Gasteiger partial charge on any atom is 0.0600 e. The molecule has 0 amide bonds. The Morgan fingerprint density at radius 2 is 1.00 bits per heavy atom. The third-order valence-electron chi connectivity index (χ3n) is 0.451. The molecule has 2 saturated heterocycles. The van der Waals surface area contributed by atoms with E-state index in [-0.39, 0.29) is 0 Å². The summed E-state index contributed by atoms with van der Waals surface area (Å²) >= 11 is 4.00. The van der Waals surface area contributed by atoms with Crippen molar-refractivity contribution >= 4 is 45.1 Å². The Morgan fingerprint density at radius 3 is 1.00 bits per heavy atom. The summed E-state index contributed by atoms with van der Waals surface area (Å²) in [7, 11) is 3.83. The summed E-state index contributed by atoms with van der Waals surface area (Å²) in [4.78, 5) is 0. The molecule has 0 saturated carbocycles. The molecule has 0 N–H and O–H groups in total. The lowest BCUT2D eigenvalue weighted by molar-refractivity contribution is 2.03. The zero-order valence-electron chi connectivity index (χ0n) is 3.75. The van der Waals surface area contributed by atoms with Crippen molar-refractivity contribution in [3.63, 3.8) is 0 Å². The van der Waals surface area contributed by atoms with Crippen LogP contribution in [0.1, 0.15) is 0 Å². The second-order valence-corrected chi connectivity index (χ2v) is 6.53. The van der Waals surface area contributed by atoms with Gasteiger partial charge in [-0.2, -0.15) is 0 Å². The molecular formula is C3H6S4. The van der Waals surface area contributed by atoms with Crippen molar-refractivity contribution in [2.24, 2.45) is 0 Å². The predicted octanol–water partition coefficient (Wildman–Crippen LogP) is 2.72. The molecule has 0 spiro atoms. The van der Waals surface area contributed by atoms with Gasteiger partial charge in [-0.05, 0) is 0 Å². The molecule has 0 unspecified atom stereocenters. The van der Waals surface area contributed by atoms with Crippen molar-refractivity contribution in [3.05, 3.63) is 0 Å². The summed E-state index contributed by atoms with van der Waals surface area (Å²) in [5, 5.41) is 4.00. The lowest BCUT2D eigenvalue weighted by Gasteiger charge is -2.05. The van der Waals surface area contributed by atoms with Crippen LogP contribution in [-0.4, -0.2) is 15.3 Å². The van der Waals surface area contributed by atoms with Crippen LogP contribution in [0.3, 0.4) is 0 Å². The van der Waals surface area contributed by atoms with Crippen molar-refractivity contribution in [1.82, 2.24) is 0 Å². The fourth-order valence-electron chi connectivity index (χ4n) is 0.0833. The summed E-state index contributed by atoms with van der Waals surface area (Å²) in [6, 6.07) is 0. The third kappa shape index (κ3) is 5.27. The molecule has 0 aromatic heterocycles. The largest absolute Gasteiger partial charge is 0.140 e. The molecule has 7 heavy (non-hydrogen) atoms. The fourth-order valence-corrected chi connectivity index (χ4v) is 0.750. The van der Waals surface area contributed by atoms with Crippen LogP contribution in [0.4, 0.5) is 0 Å². The standard InChI is InChI=1S/C2H4S2.CH2S2/c1-3-2-4-1;1-2-3-1/h1-2H2;1H2. The molecule has 0 nitrogen and oxygen atoms in total. The van der Waals surface area contributed by atoms with Gasteiger partial charge in [0.05, 0.1) is 5.08 Å². The van der Waals surface area contributed by atoms with Crippen molar-refractivity contribution in [3.8, 4) is 0 Å². The zero-order chi connectivity index (χ0) is 4.95. The second-order valence-electron chi connectivity index (χ2n) is 0.998. The SMILES string of the molecule is C1SCS1.C1SS1. The van der Waals surface area contributed by atoms with Crippen LogP contribution in [0, 0.1) is 0 Å². The molecule has 0 atom stereocenters. The first-order valence-corrected chi connectivity index (χ1v) is 6.70.